The molecular formula is C13H17N5O. The molecule has 1 aromatic rings. The molecule has 0 aromatic carbocycles. The molecule has 2 rings (SSSR count). The number of piperidine rings is 1. The van der Waals surface area contributed by atoms with E-state index in [0.29, 0.717) is 18.2 Å². The number of carbonyl (C=O) groups is 1. The maximum Gasteiger partial charge on any atom is 0.250 e. The van der Waals surface area contributed by atoms with E-state index in [0.717, 1.165) is 31.7 Å². The molecule has 0 saturated carbocycles. The van der Waals surface area contributed by atoms with Crippen molar-refractivity contribution in [3.8, 4) is 6.07 Å². The maximum atomic E-state index is 10.9. The number of aromatic nitrogens is 1. The van der Waals surface area contributed by atoms with Crippen LogP contribution in [0, 0.1) is 11.3 Å². The number of nitrogens with two attached hydrogens (primary N) is 1. The Labute approximate surface area is 112 Å². The van der Waals surface area contributed by atoms with Gasteiger partial charge in [0.05, 0.1) is 18.2 Å². The first-order valence-electron chi connectivity index (χ1n) is 6.30. The van der Waals surface area contributed by atoms with Crippen LogP contribution in [0.2, 0.25) is 0 Å². The van der Waals surface area contributed by atoms with Gasteiger partial charge >= 0.3 is 0 Å². The van der Waals surface area contributed by atoms with Crippen LogP contribution in [0.15, 0.2) is 18.3 Å². The smallest absolute Gasteiger partial charge is 0.250 e. The van der Waals surface area contributed by atoms with Crippen molar-refractivity contribution in [2.45, 2.75) is 18.9 Å². The summed E-state index contributed by atoms with van der Waals surface area (Å²) in [5.74, 6) is 0.285. The van der Waals surface area contributed by atoms with Crippen molar-refractivity contribution in [1.82, 2.24) is 9.88 Å². The van der Waals surface area contributed by atoms with Crippen molar-refractivity contribution in [3.63, 3.8) is 0 Å². The summed E-state index contributed by atoms with van der Waals surface area (Å²) >= 11 is 0. The molecule has 100 valence electrons. The van der Waals surface area contributed by atoms with Crippen LogP contribution in [-0.2, 0) is 0 Å². The monoisotopic (exact) mass is 259 g/mol. The predicted octanol–water partition coefficient (Wildman–Crippen LogP) is 0.580. The molecule has 6 heteroatoms. The second kappa shape index (κ2) is 6.16. The summed E-state index contributed by atoms with van der Waals surface area (Å²) in [6, 6.07) is 5.97. The van der Waals surface area contributed by atoms with E-state index in [1.807, 2.05) is 0 Å². The number of pyridine rings is 1. The summed E-state index contributed by atoms with van der Waals surface area (Å²) in [7, 11) is 0. The Morgan fingerprint density at radius 2 is 2.26 bits per heavy atom. The third-order valence-corrected chi connectivity index (χ3v) is 3.28. The fourth-order valence-corrected chi connectivity index (χ4v) is 2.17. The molecule has 0 bridgehead atoms. The van der Waals surface area contributed by atoms with E-state index < -0.39 is 5.91 Å². The topological polar surface area (TPSA) is 95.0 Å². The number of rotatable bonds is 4. The summed E-state index contributed by atoms with van der Waals surface area (Å²) in [5, 5.41) is 12.0. The standard InChI is InChI=1S/C13H17N5O/c14-5-8-18-6-3-11(4-7-18)17-12-2-1-10(9-16-12)13(15)19/h1-2,9,11H,3-4,6-8H2,(H2,15,19)(H,16,17). The van der Waals surface area contributed by atoms with Gasteiger partial charge in [0.1, 0.15) is 5.82 Å². The number of nitriles is 1. The van der Waals surface area contributed by atoms with E-state index >= 15 is 0 Å². The van der Waals surface area contributed by atoms with Gasteiger partial charge in [-0.25, -0.2) is 4.98 Å². The highest BCUT2D eigenvalue weighted by Gasteiger charge is 2.18. The molecule has 3 N–H and O–H groups in total. The average Bonchev–Trinajstić information content (AvgIpc) is 2.42. The van der Waals surface area contributed by atoms with Crippen LogP contribution in [0.4, 0.5) is 5.82 Å². The van der Waals surface area contributed by atoms with Crippen molar-refractivity contribution >= 4 is 11.7 Å². The number of amides is 1. The van der Waals surface area contributed by atoms with Gasteiger partial charge in [0.25, 0.3) is 0 Å². The van der Waals surface area contributed by atoms with Crippen molar-refractivity contribution in [2.75, 3.05) is 25.0 Å². The first-order valence-corrected chi connectivity index (χ1v) is 6.30. The zero-order valence-electron chi connectivity index (χ0n) is 10.7. The molecule has 0 spiro atoms. The minimum atomic E-state index is -0.469. The van der Waals surface area contributed by atoms with Crippen LogP contribution in [0.25, 0.3) is 0 Å². The molecule has 0 aliphatic carbocycles. The quantitative estimate of drug-likeness (QED) is 0.771. The molecule has 2 heterocycles. The second-order valence-corrected chi connectivity index (χ2v) is 4.65. The Hall–Kier alpha value is -2.13. The third kappa shape index (κ3) is 3.66. The van der Waals surface area contributed by atoms with E-state index in [4.69, 9.17) is 11.0 Å². The van der Waals surface area contributed by atoms with E-state index in [1.54, 1.807) is 12.1 Å². The highest BCUT2D eigenvalue weighted by Crippen LogP contribution is 2.15. The summed E-state index contributed by atoms with van der Waals surface area (Å²) in [6.45, 7) is 2.34. The fraction of sp³-hybridized carbons (Fsp3) is 0.462. The zero-order valence-corrected chi connectivity index (χ0v) is 10.7. The van der Waals surface area contributed by atoms with Gasteiger partial charge in [-0.2, -0.15) is 5.26 Å². The predicted molar refractivity (Wildman–Crippen MR) is 71.5 cm³/mol. The molecular weight excluding hydrogens is 242 g/mol. The van der Waals surface area contributed by atoms with Gasteiger partial charge < -0.3 is 11.1 Å². The third-order valence-electron chi connectivity index (χ3n) is 3.28. The molecule has 1 fully saturated rings. The SMILES string of the molecule is N#CCN1CCC(Nc2ccc(C(N)=O)cn2)CC1. The minimum absolute atomic E-state index is 0.363. The largest absolute Gasteiger partial charge is 0.367 e. The molecule has 1 aromatic heterocycles. The van der Waals surface area contributed by atoms with Crippen LogP contribution >= 0.6 is 0 Å². The number of hydrogen-bond acceptors (Lipinski definition) is 5. The number of anilines is 1. The van der Waals surface area contributed by atoms with Gasteiger partial charge in [-0.1, -0.05) is 0 Å². The summed E-state index contributed by atoms with van der Waals surface area (Å²) in [6.07, 6.45) is 3.46. The average molecular weight is 259 g/mol. The molecule has 1 amide bonds. The minimum Gasteiger partial charge on any atom is -0.367 e. The lowest BCUT2D eigenvalue weighted by atomic mass is 10.1. The molecule has 1 aliphatic heterocycles. The van der Waals surface area contributed by atoms with Gasteiger partial charge in [-0.15, -0.1) is 0 Å². The number of nitrogens with one attached hydrogen (secondary N) is 1. The van der Waals surface area contributed by atoms with Crippen LogP contribution in [0.5, 0.6) is 0 Å². The van der Waals surface area contributed by atoms with Gasteiger partial charge in [-0.05, 0) is 25.0 Å². The van der Waals surface area contributed by atoms with Crippen LogP contribution in [-0.4, -0.2) is 41.5 Å². The number of nitrogens with zero attached hydrogens (tertiary/aromatic N) is 3. The first-order chi connectivity index (χ1) is 9.19. The molecule has 6 nitrogen and oxygen atoms in total. The normalized spacial score (nSPS) is 16.8. The van der Waals surface area contributed by atoms with E-state index in [9.17, 15) is 4.79 Å². The fourth-order valence-electron chi connectivity index (χ4n) is 2.17. The highest BCUT2D eigenvalue weighted by molar-refractivity contribution is 5.92. The Bertz CT molecular complexity index is 471. The highest BCUT2D eigenvalue weighted by atomic mass is 16.1. The molecule has 0 unspecified atom stereocenters. The van der Waals surface area contributed by atoms with Crippen molar-refractivity contribution < 1.29 is 4.79 Å². The summed E-state index contributed by atoms with van der Waals surface area (Å²) in [5.41, 5.74) is 5.57. The van der Waals surface area contributed by atoms with Crippen molar-refractivity contribution in [1.29, 1.82) is 5.26 Å². The molecule has 0 atom stereocenters. The molecule has 1 saturated heterocycles. The van der Waals surface area contributed by atoms with Gasteiger partial charge in [-0.3, -0.25) is 9.69 Å². The number of primary amides is 1. The molecule has 19 heavy (non-hydrogen) atoms. The molecule has 0 radical (unpaired) electrons. The summed E-state index contributed by atoms with van der Waals surface area (Å²) in [4.78, 5) is 17.2. The van der Waals surface area contributed by atoms with E-state index in [1.165, 1.54) is 6.20 Å². The Kier molecular flexibility index (Phi) is 4.31. The van der Waals surface area contributed by atoms with Gasteiger partial charge in [0.2, 0.25) is 5.91 Å². The Morgan fingerprint density at radius 3 is 2.79 bits per heavy atom. The van der Waals surface area contributed by atoms with Gasteiger partial charge in [0.15, 0.2) is 0 Å². The Balaban J connectivity index is 1.85. The first kappa shape index (κ1) is 13.3. The lowest BCUT2D eigenvalue weighted by Gasteiger charge is -2.30. The van der Waals surface area contributed by atoms with E-state index in [2.05, 4.69) is 21.3 Å². The zero-order chi connectivity index (χ0) is 13.7. The number of carbonyl (C=O) groups excluding carboxylic acids is 1. The summed E-state index contributed by atoms with van der Waals surface area (Å²) < 4.78 is 0. The maximum absolute atomic E-state index is 10.9. The lowest BCUT2D eigenvalue weighted by Crippen LogP contribution is -2.39. The van der Waals surface area contributed by atoms with Crippen LogP contribution < -0.4 is 11.1 Å². The Morgan fingerprint density at radius 1 is 1.53 bits per heavy atom. The van der Waals surface area contributed by atoms with Crippen molar-refractivity contribution in [2.24, 2.45) is 5.73 Å². The molecule has 1 aliphatic rings. The van der Waals surface area contributed by atoms with Crippen LogP contribution in [0.3, 0.4) is 0 Å². The number of likely N-dealkylation sites (tertiary alicyclic amines) is 1. The van der Waals surface area contributed by atoms with E-state index in [-0.39, 0.29) is 0 Å². The van der Waals surface area contributed by atoms with Crippen LogP contribution in [0.1, 0.15) is 23.2 Å². The lowest BCUT2D eigenvalue weighted by molar-refractivity contribution is 0.1000. The number of hydrogen-bond donors (Lipinski definition) is 2. The van der Waals surface area contributed by atoms with Gasteiger partial charge in [0, 0.05) is 25.3 Å². The van der Waals surface area contributed by atoms with Crippen molar-refractivity contribution in [3.05, 3.63) is 23.9 Å². The second-order valence-electron chi connectivity index (χ2n) is 4.65.